The molecule has 0 radical (unpaired) electrons. The summed E-state index contributed by atoms with van der Waals surface area (Å²) in [5, 5.41) is 0. The van der Waals surface area contributed by atoms with Crippen molar-refractivity contribution in [1.29, 1.82) is 0 Å². The summed E-state index contributed by atoms with van der Waals surface area (Å²) >= 11 is 0. The van der Waals surface area contributed by atoms with Gasteiger partial charge >= 0.3 is 16.3 Å². The van der Waals surface area contributed by atoms with Crippen molar-refractivity contribution < 1.29 is 17.9 Å². The number of carbonyl (C=O) groups is 1. The number of hydrogen-bond acceptors (Lipinski definition) is 6. The number of nitrogens with zero attached hydrogens (tertiary/aromatic N) is 1. The lowest BCUT2D eigenvalue weighted by Crippen LogP contribution is -2.35. The number of nitrogens with one attached hydrogen (secondary N) is 2. The van der Waals surface area contributed by atoms with Crippen LogP contribution in [0.15, 0.2) is 18.3 Å². The Morgan fingerprint density at radius 2 is 2.22 bits per heavy atom. The van der Waals surface area contributed by atoms with Crippen LogP contribution in [0.1, 0.15) is 12.5 Å². The van der Waals surface area contributed by atoms with Crippen molar-refractivity contribution in [2.75, 3.05) is 11.3 Å². The molecule has 4 N–H and O–H groups in total. The van der Waals surface area contributed by atoms with Crippen LogP contribution in [0.25, 0.3) is 0 Å². The topological polar surface area (TPSA) is 123 Å². The third-order valence-corrected chi connectivity index (χ3v) is 2.71. The number of hydrogen-bond donors (Lipinski definition) is 3. The molecule has 1 amide bonds. The van der Waals surface area contributed by atoms with Gasteiger partial charge in [0.1, 0.15) is 5.82 Å². The number of amides is 1. The summed E-state index contributed by atoms with van der Waals surface area (Å²) in [4.78, 5) is 14.8. The molecule has 0 spiro atoms. The molecule has 0 fully saturated rings. The predicted octanol–water partition coefficient (Wildman–Crippen LogP) is -0.0569. The van der Waals surface area contributed by atoms with Crippen LogP contribution in [0.4, 0.5) is 10.6 Å². The highest BCUT2D eigenvalue weighted by Crippen LogP contribution is 2.05. The normalized spacial score (nSPS) is 10.8. The van der Waals surface area contributed by atoms with Gasteiger partial charge in [-0.05, 0) is 18.6 Å². The van der Waals surface area contributed by atoms with Crippen LogP contribution in [0.3, 0.4) is 0 Å². The van der Waals surface area contributed by atoms with E-state index in [1.807, 2.05) is 0 Å². The summed E-state index contributed by atoms with van der Waals surface area (Å²) in [6.45, 7) is 1.94. The molecule has 0 aliphatic heterocycles. The molecule has 0 aliphatic carbocycles. The molecule has 1 aromatic rings. The average molecular weight is 274 g/mol. The fraction of sp³-hybridized carbons (Fsp3) is 0.333. The van der Waals surface area contributed by atoms with Crippen LogP contribution in [0.5, 0.6) is 0 Å². The molecule has 0 atom stereocenters. The second kappa shape index (κ2) is 6.17. The second-order valence-corrected chi connectivity index (χ2v) is 4.60. The number of nitrogens with two attached hydrogens (primary N) is 1. The molecule has 0 saturated carbocycles. The Morgan fingerprint density at radius 1 is 1.50 bits per heavy atom. The zero-order valence-corrected chi connectivity index (χ0v) is 10.5. The van der Waals surface area contributed by atoms with E-state index in [9.17, 15) is 13.2 Å². The maximum Gasteiger partial charge on any atom is 0.422 e. The van der Waals surface area contributed by atoms with E-state index in [4.69, 9.17) is 5.73 Å². The molecular weight excluding hydrogens is 260 g/mol. The van der Waals surface area contributed by atoms with Gasteiger partial charge in [0.05, 0.1) is 6.61 Å². The van der Waals surface area contributed by atoms with E-state index in [-0.39, 0.29) is 12.4 Å². The standard InChI is InChI=1S/C9H14N4O4S/c1-2-17-9(14)13-18(15,16)12-8-4-3-7(5-10)6-11-8/h3-4,6H,2,5,10H2,1H3,(H,11,12)(H,13,14). The molecule has 0 saturated heterocycles. The van der Waals surface area contributed by atoms with Gasteiger partial charge in [-0.15, -0.1) is 0 Å². The first-order valence-electron chi connectivity index (χ1n) is 5.09. The van der Waals surface area contributed by atoms with Crippen LogP contribution in [0, 0.1) is 0 Å². The first kappa shape index (κ1) is 14.2. The third-order valence-electron chi connectivity index (χ3n) is 1.79. The minimum atomic E-state index is -4.04. The SMILES string of the molecule is CCOC(=O)NS(=O)(=O)Nc1ccc(CN)cn1. The van der Waals surface area contributed by atoms with E-state index in [1.54, 1.807) is 17.7 Å². The van der Waals surface area contributed by atoms with Crippen LogP contribution in [-0.2, 0) is 21.5 Å². The minimum absolute atomic E-state index is 0.0731. The zero-order valence-electron chi connectivity index (χ0n) is 9.71. The third kappa shape index (κ3) is 4.55. The van der Waals surface area contributed by atoms with E-state index >= 15 is 0 Å². The monoisotopic (exact) mass is 274 g/mol. The summed E-state index contributed by atoms with van der Waals surface area (Å²) in [5.41, 5.74) is 6.13. The highest BCUT2D eigenvalue weighted by Gasteiger charge is 2.15. The molecule has 0 aromatic carbocycles. The second-order valence-electron chi connectivity index (χ2n) is 3.18. The first-order chi connectivity index (χ1) is 8.46. The Kier molecular flexibility index (Phi) is 4.86. The lowest BCUT2D eigenvalue weighted by atomic mass is 10.3. The van der Waals surface area contributed by atoms with E-state index in [1.165, 1.54) is 12.3 Å². The Labute approximate surface area is 105 Å². The van der Waals surface area contributed by atoms with Crippen LogP contribution in [0.2, 0.25) is 0 Å². The van der Waals surface area contributed by atoms with E-state index in [2.05, 4.69) is 14.4 Å². The minimum Gasteiger partial charge on any atom is -0.449 e. The summed E-state index contributed by atoms with van der Waals surface area (Å²) in [5.74, 6) is 0.0731. The lowest BCUT2D eigenvalue weighted by Gasteiger charge is -2.08. The number of carbonyl (C=O) groups excluding carboxylic acids is 1. The molecule has 8 nitrogen and oxygen atoms in total. The predicted molar refractivity (Wildman–Crippen MR) is 64.8 cm³/mol. The van der Waals surface area contributed by atoms with Gasteiger partial charge in [-0.3, -0.25) is 4.72 Å². The number of pyridine rings is 1. The van der Waals surface area contributed by atoms with Gasteiger partial charge in [-0.2, -0.15) is 8.42 Å². The Hall–Kier alpha value is -1.87. The summed E-state index contributed by atoms with van der Waals surface area (Å²) < 4.78 is 31.1. The molecule has 1 aromatic heterocycles. The number of aromatic nitrogens is 1. The fourth-order valence-electron chi connectivity index (χ4n) is 1.04. The van der Waals surface area contributed by atoms with Gasteiger partial charge < -0.3 is 10.5 Å². The zero-order chi connectivity index (χ0) is 13.6. The van der Waals surface area contributed by atoms with E-state index in [0.717, 1.165) is 5.56 Å². The van der Waals surface area contributed by atoms with Crippen molar-refractivity contribution in [2.24, 2.45) is 5.73 Å². The highest BCUT2D eigenvalue weighted by atomic mass is 32.2. The molecular formula is C9H14N4O4S. The van der Waals surface area contributed by atoms with Crippen LogP contribution >= 0.6 is 0 Å². The Balaban J connectivity index is 2.67. The number of anilines is 1. The summed E-state index contributed by atoms with van der Waals surface area (Å²) in [6.07, 6.45) is 0.381. The van der Waals surface area contributed by atoms with Gasteiger partial charge in [0.15, 0.2) is 0 Å². The maximum absolute atomic E-state index is 11.5. The first-order valence-corrected chi connectivity index (χ1v) is 6.57. The number of rotatable bonds is 5. The van der Waals surface area contributed by atoms with Crippen molar-refractivity contribution in [3.8, 4) is 0 Å². The van der Waals surface area contributed by atoms with Crippen LogP contribution in [-0.4, -0.2) is 26.1 Å². The van der Waals surface area contributed by atoms with Gasteiger partial charge in [-0.25, -0.2) is 14.5 Å². The van der Waals surface area contributed by atoms with E-state index in [0.29, 0.717) is 6.54 Å². The molecule has 100 valence electrons. The Bertz CT molecular complexity index is 500. The maximum atomic E-state index is 11.5. The molecule has 0 bridgehead atoms. The van der Waals surface area contributed by atoms with Crippen molar-refractivity contribution in [2.45, 2.75) is 13.5 Å². The molecule has 9 heteroatoms. The quantitative estimate of drug-likeness (QED) is 0.691. The van der Waals surface area contributed by atoms with Crippen molar-refractivity contribution in [3.05, 3.63) is 23.9 Å². The highest BCUT2D eigenvalue weighted by molar-refractivity contribution is 7.91. The number of ether oxygens (including phenoxy) is 1. The summed E-state index contributed by atoms with van der Waals surface area (Å²) in [6, 6.07) is 3.06. The summed E-state index contributed by atoms with van der Waals surface area (Å²) in [7, 11) is -4.04. The van der Waals surface area contributed by atoms with Gasteiger partial charge in [0.25, 0.3) is 0 Å². The molecule has 18 heavy (non-hydrogen) atoms. The van der Waals surface area contributed by atoms with Gasteiger partial charge in [0, 0.05) is 12.7 Å². The lowest BCUT2D eigenvalue weighted by molar-refractivity contribution is 0.159. The van der Waals surface area contributed by atoms with Crippen LogP contribution < -0.4 is 15.2 Å². The largest absolute Gasteiger partial charge is 0.449 e. The fourth-order valence-corrected chi connectivity index (χ4v) is 1.76. The average Bonchev–Trinajstić information content (AvgIpc) is 2.29. The Morgan fingerprint density at radius 3 is 2.72 bits per heavy atom. The molecule has 1 rings (SSSR count). The van der Waals surface area contributed by atoms with Gasteiger partial charge in [-0.1, -0.05) is 6.07 Å². The van der Waals surface area contributed by atoms with E-state index < -0.39 is 16.3 Å². The van der Waals surface area contributed by atoms with Gasteiger partial charge in [0.2, 0.25) is 0 Å². The van der Waals surface area contributed by atoms with Crippen molar-refractivity contribution >= 4 is 22.1 Å². The molecule has 0 aliphatic rings. The van der Waals surface area contributed by atoms with Crippen molar-refractivity contribution in [3.63, 3.8) is 0 Å². The van der Waals surface area contributed by atoms with Crippen molar-refractivity contribution in [1.82, 2.24) is 9.71 Å². The molecule has 0 unspecified atom stereocenters. The smallest absolute Gasteiger partial charge is 0.422 e. The molecule has 1 heterocycles.